The van der Waals surface area contributed by atoms with Crippen molar-refractivity contribution in [2.45, 2.75) is 31.6 Å². The van der Waals surface area contributed by atoms with Crippen LogP contribution in [0.3, 0.4) is 0 Å². The van der Waals surface area contributed by atoms with Gasteiger partial charge in [-0.05, 0) is 49.3 Å². The molecule has 0 bridgehead atoms. The van der Waals surface area contributed by atoms with Crippen molar-refractivity contribution in [1.82, 2.24) is 10.2 Å². The minimum Gasteiger partial charge on any atom is -0.497 e. The van der Waals surface area contributed by atoms with Crippen molar-refractivity contribution in [2.75, 3.05) is 67.3 Å². The molecule has 1 atom stereocenters. The molecule has 1 N–H and O–H groups in total. The Morgan fingerprint density at radius 2 is 1.87 bits per heavy atom. The van der Waals surface area contributed by atoms with Gasteiger partial charge in [0.1, 0.15) is 11.5 Å². The Kier molecular flexibility index (Phi) is 9.08. The second kappa shape index (κ2) is 12.0. The fourth-order valence-electron chi connectivity index (χ4n) is 4.16. The number of nitrogens with zero attached hydrogens (tertiary/aromatic N) is 2. The van der Waals surface area contributed by atoms with E-state index in [0.29, 0.717) is 11.8 Å². The topological polar surface area (TPSA) is 64.6 Å². The predicted octanol–water partition coefficient (Wildman–Crippen LogP) is 2.90. The van der Waals surface area contributed by atoms with Crippen LogP contribution in [0.4, 0.5) is 0 Å². The van der Waals surface area contributed by atoms with Crippen LogP contribution in [0.5, 0.6) is 11.5 Å². The van der Waals surface area contributed by atoms with Gasteiger partial charge < -0.3 is 29.2 Å². The molecule has 7 heteroatoms. The third kappa shape index (κ3) is 6.51. The first-order valence-corrected chi connectivity index (χ1v) is 11.1. The molecule has 0 aliphatic carbocycles. The number of hydrogen-bond donors (Lipinski definition) is 1. The normalized spacial score (nSPS) is 20.4. The number of benzene rings is 1. The molecule has 2 fully saturated rings. The zero-order chi connectivity index (χ0) is 21.2. The first kappa shape index (κ1) is 22.7. The Hall–Kier alpha value is -1.99. The number of rotatable bonds is 9. The highest BCUT2D eigenvalue weighted by Crippen LogP contribution is 2.32. The number of ether oxygens (including phenoxy) is 4. The van der Waals surface area contributed by atoms with Crippen LogP contribution in [-0.2, 0) is 9.47 Å². The first-order chi connectivity index (χ1) is 14.7. The monoisotopic (exact) mass is 419 g/mol. The molecule has 0 amide bonds. The van der Waals surface area contributed by atoms with E-state index in [0.717, 1.165) is 89.2 Å². The standard InChI is InChI=1S/C23H37N3O4/c1-24-23(25-8-4-10-30-17-18-6-11-29-12-7-18)26-9-5-19(16-26)20-13-21(27-2)15-22(14-20)28-3/h13-15,18-19H,4-12,16-17H2,1-3H3,(H,24,25). The van der Waals surface area contributed by atoms with Crippen LogP contribution in [0.1, 0.15) is 37.2 Å². The molecule has 168 valence electrons. The van der Waals surface area contributed by atoms with E-state index in [1.165, 1.54) is 5.56 Å². The Balaban J connectivity index is 1.40. The van der Waals surface area contributed by atoms with Gasteiger partial charge in [0.25, 0.3) is 0 Å². The highest BCUT2D eigenvalue weighted by atomic mass is 16.5. The molecule has 2 saturated heterocycles. The van der Waals surface area contributed by atoms with Gasteiger partial charge in [-0.1, -0.05) is 0 Å². The van der Waals surface area contributed by atoms with Gasteiger partial charge in [-0.2, -0.15) is 0 Å². The Labute approximate surface area is 180 Å². The van der Waals surface area contributed by atoms with Gasteiger partial charge in [-0.15, -0.1) is 0 Å². The zero-order valence-corrected chi connectivity index (χ0v) is 18.7. The van der Waals surface area contributed by atoms with Gasteiger partial charge in [0.2, 0.25) is 0 Å². The molecule has 1 aromatic rings. The summed E-state index contributed by atoms with van der Waals surface area (Å²) in [5.74, 6) is 3.75. The lowest BCUT2D eigenvalue weighted by atomic mass is 9.98. The largest absolute Gasteiger partial charge is 0.497 e. The van der Waals surface area contributed by atoms with Crippen LogP contribution in [0.15, 0.2) is 23.2 Å². The maximum atomic E-state index is 5.86. The van der Waals surface area contributed by atoms with Crippen molar-refractivity contribution in [3.8, 4) is 11.5 Å². The maximum absolute atomic E-state index is 5.86. The molecule has 3 rings (SSSR count). The average Bonchev–Trinajstić information content (AvgIpc) is 3.29. The molecule has 0 saturated carbocycles. The summed E-state index contributed by atoms with van der Waals surface area (Å²) in [5, 5.41) is 3.49. The van der Waals surface area contributed by atoms with E-state index in [4.69, 9.17) is 18.9 Å². The zero-order valence-electron chi connectivity index (χ0n) is 18.7. The minimum absolute atomic E-state index is 0.440. The summed E-state index contributed by atoms with van der Waals surface area (Å²) in [5.41, 5.74) is 1.26. The molecule has 0 aromatic heterocycles. The van der Waals surface area contributed by atoms with Crippen molar-refractivity contribution >= 4 is 5.96 Å². The fraction of sp³-hybridized carbons (Fsp3) is 0.696. The summed E-state index contributed by atoms with van der Waals surface area (Å²) in [6, 6.07) is 6.14. The summed E-state index contributed by atoms with van der Waals surface area (Å²) in [4.78, 5) is 6.82. The van der Waals surface area contributed by atoms with E-state index >= 15 is 0 Å². The second-order valence-corrected chi connectivity index (χ2v) is 8.04. The van der Waals surface area contributed by atoms with Crippen molar-refractivity contribution in [1.29, 1.82) is 0 Å². The van der Waals surface area contributed by atoms with Gasteiger partial charge >= 0.3 is 0 Å². The smallest absolute Gasteiger partial charge is 0.193 e. The summed E-state index contributed by atoms with van der Waals surface area (Å²) in [7, 11) is 5.24. The van der Waals surface area contributed by atoms with Crippen LogP contribution >= 0.6 is 0 Å². The van der Waals surface area contributed by atoms with E-state index in [9.17, 15) is 0 Å². The molecule has 1 aromatic carbocycles. The molecular weight excluding hydrogens is 382 g/mol. The van der Waals surface area contributed by atoms with E-state index < -0.39 is 0 Å². The molecule has 0 spiro atoms. The van der Waals surface area contributed by atoms with Gasteiger partial charge in [-0.25, -0.2) is 0 Å². The number of methoxy groups -OCH3 is 2. The van der Waals surface area contributed by atoms with Gasteiger partial charge in [-0.3, -0.25) is 4.99 Å². The van der Waals surface area contributed by atoms with E-state index in [1.807, 2.05) is 13.1 Å². The summed E-state index contributed by atoms with van der Waals surface area (Å²) >= 11 is 0. The first-order valence-electron chi connectivity index (χ1n) is 11.1. The van der Waals surface area contributed by atoms with Crippen LogP contribution in [0.2, 0.25) is 0 Å². The van der Waals surface area contributed by atoms with Crippen molar-refractivity contribution < 1.29 is 18.9 Å². The number of aliphatic imine (C=N–C) groups is 1. The number of likely N-dealkylation sites (tertiary alicyclic amines) is 1. The van der Waals surface area contributed by atoms with Gasteiger partial charge in [0, 0.05) is 65.1 Å². The fourth-order valence-corrected chi connectivity index (χ4v) is 4.16. The molecular formula is C23H37N3O4. The molecule has 2 aliphatic heterocycles. The predicted molar refractivity (Wildman–Crippen MR) is 119 cm³/mol. The SMILES string of the molecule is CN=C(NCCCOCC1CCOCC1)N1CCC(c2cc(OC)cc(OC)c2)C1. The minimum atomic E-state index is 0.440. The molecule has 7 nitrogen and oxygen atoms in total. The lowest BCUT2D eigenvalue weighted by molar-refractivity contribution is 0.0203. The lowest BCUT2D eigenvalue weighted by Gasteiger charge is -2.23. The second-order valence-electron chi connectivity index (χ2n) is 8.04. The van der Waals surface area contributed by atoms with Crippen molar-refractivity contribution in [3.63, 3.8) is 0 Å². The van der Waals surface area contributed by atoms with Gasteiger partial charge in [0.05, 0.1) is 14.2 Å². The maximum Gasteiger partial charge on any atom is 0.193 e. The molecule has 1 unspecified atom stereocenters. The molecule has 2 aliphatic rings. The average molecular weight is 420 g/mol. The number of guanidine groups is 1. The van der Waals surface area contributed by atoms with E-state index in [-0.39, 0.29) is 0 Å². The summed E-state index contributed by atoms with van der Waals surface area (Å²) in [6.45, 7) is 6.20. The van der Waals surface area contributed by atoms with Crippen LogP contribution < -0.4 is 14.8 Å². The quantitative estimate of drug-likeness (QED) is 0.377. The Morgan fingerprint density at radius 3 is 2.53 bits per heavy atom. The summed E-state index contributed by atoms with van der Waals surface area (Å²) in [6.07, 6.45) is 4.32. The highest BCUT2D eigenvalue weighted by Gasteiger charge is 2.26. The molecule has 30 heavy (non-hydrogen) atoms. The third-order valence-electron chi connectivity index (χ3n) is 5.99. The van der Waals surface area contributed by atoms with Crippen LogP contribution in [0.25, 0.3) is 0 Å². The Morgan fingerprint density at radius 1 is 1.13 bits per heavy atom. The molecule has 0 radical (unpaired) electrons. The third-order valence-corrected chi connectivity index (χ3v) is 5.99. The number of hydrogen-bond acceptors (Lipinski definition) is 5. The lowest BCUT2D eigenvalue weighted by Crippen LogP contribution is -2.40. The highest BCUT2D eigenvalue weighted by molar-refractivity contribution is 5.80. The van der Waals surface area contributed by atoms with Crippen LogP contribution in [-0.4, -0.2) is 78.2 Å². The van der Waals surface area contributed by atoms with E-state index in [1.54, 1.807) is 14.2 Å². The summed E-state index contributed by atoms with van der Waals surface area (Å²) < 4.78 is 22.1. The number of nitrogens with one attached hydrogen (secondary N) is 1. The van der Waals surface area contributed by atoms with Crippen LogP contribution in [0, 0.1) is 5.92 Å². The van der Waals surface area contributed by atoms with Crippen molar-refractivity contribution in [2.24, 2.45) is 10.9 Å². The van der Waals surface area contributed by atoms with Crippen molar-refractivity contribution in [3.05, 3.63) is 23.8 Å². The van der Waals surface area contributed by atoms with Gasteiger partial charge in [0.15, 0.2) is 5.96 Å². The van der Waals surface area contributed by atoms with E-state index in [2.05, 4.69) is 27.3 Å². The molecule has 2 heterocycles. The Bertz CT molecular complexity index is 654.